The van der Waals surface area contributed by atoms with Crippen LogP contribution in [0, 0.1) is 0 Å². The molecule has 1 aromatic heterocycles. The molecule has 0 fully saturated rings. The maximum atomic E-state index is 2.39. The molecule has 10 aromatic rings. The van der Waals surface area contributed by atoms with Gasteiger partial charge in [0, 0.05) is 33.5 Å². The highest BCUT2D eigenvalue weighted by Crippen LogP contribution is 2.43. The summed E-state index contributed by atoms with van der Waals surface area (Å²) in [5.41, 5.74) is 16.5. The summed E-state index contributed by atoms with van der Waals surface area (Å²) >= 11 is 0. The Bertz CT molecular complexity index is 2930. The summed E-state index contributed by atoms with van der Waals surface area (Å²) in [7, 11) is 0. The van der Waals surface area contributed by atoms with Crippen molar-refractivity contribution in [2.45, 2.75) is 0 Å². The highest BCUT2D eigenvalue weighted by molar-refractivity contribution is 6.16. The van der Waals surface area contributed by atoms with Crippen molar-refractivity contribution in [2.75, 3.05) is 4.90 Å². The molecular weight excluding hydrogens is 677 g/mol. The number of rotatable bonds is 8. The van der Waals surface area contributed by atoms with Crippen LogP contribution in [0.15, 0.2) is 231 Å². The van der Waals surface area contributed by atoms with Crippen molar-refractivity contribution >= 4 is 38.9 Å². The third-order valence-corrected chi connectivity index (χ3v) is 10.8. The number of anilines is 3. The molecule has 0 N–H and O–H groups in total. The van der Waals surface area contributed by atoms with Crippen molar-refractivity contribution in [3.05, 3.63) is 231 Å². The topological polar surface area (TPSA) is 8.17 Å². The molecule has 2 nitrogen and oxygen atoms in total. The van der Waals surface area contributed by atoms with Gasteiger partial charge in [0.2, 0.25) is 0 Å². The third kappa shape index (κ3) is 6.04. The molecular formula is C54H38N2. The Morgan fingerprint density at radius 1 is 0.286 bits per heavy atom. The molecule has 2 heteroatoms. The van der Waals surface area contributed by atoms with Gasteiger partial charge in [-0.1, -0.05) is 170 Å². The van der Waals surface area contributed by atoms with Gasteiger partial charge >= 0.3 is 0 Å². The first-order chi connectivity index (χ1) is 27.8. The van der Waals surface area contributed by atoms with E-state index in [2.05, 4.69) is 240 Å². The lowest BCUT2D eigenvalue weighted by atomic mass is 9.92. The van der Waals surface area contributed by atoms with Gasteiger partial charge in [0.25, 0.3) is 0 Å². The monoisotopic (exact) mass is 714 g/mol. The molecule has 56 heavy (non-hydrogen) atoms. The quantitative estimate of drug-likeness (QED) is 0.152. The van der Waals surface area contributed by atoms with Crippen molar-refractivity contribution < 1.29 is 0 Å². The van der Waals surface area contributed by atoms with Gasteiger partial charge in [-0.15, -0.1) is 0 Å². The highest BCUT2D eigenvalue weighted by atomic mass is 15.1. The predicted molar refractivity (Wildman–Crippen MR) is 237 cm³/mol. The molecule has 1 heterocycles. The normalized spacial score (nSPS) is 11.2. The largest absolute Gasteiger partial charge is 0.310 e. The minimum atomic E-state index is 1.09. The summed E-state index contributed by atoms with van der Waals surface area (Å²) in [4.78, 5) is 2.36. The predicted octanol–water partition coefficient (Wildman–Crippen LogP) is 14.9. The zero-order chi connectivity index (χ0) is 37.3. The maximum absolute atomic E-state index is 2.39. The molecule has 264 valence electrons. The van der Waals surface area contributed by atoms with E-state index in [1.165, 1.54) is 66.3 Å². The van der Waals surface area contributed by atoms with Crippen LogP contribution in [0.1, 0.15) is 0 Å². The van der Waals surface area contributed by atoms with Crippen LogP contribution in [0.4, 0.5) is 17.1 Å². The number of hydrogen-bond acceptors (Lipinski definition) is 1. The molecule has 0 saturated heterocycles. The standard InChI is InChI=1S/C54H38N2/c1-4-16-39(17-5-1)41-30-34-45(35-31-41)55(47-23-14-20-43(38-47)40-18-6-2-7-19-40)46-36-32-42(33-37-46)48-24-10-11-25-49(48)50-27-15-29-53-54(50)51-26-12-13-28-52(51)56(53)44-21-8-3-9-22-44/h1-38H. The van der Waals surface area contributed by atoms with Crippen LogP contribution in [-0.2, 0) is 0 Å². The number of hydrogen-bond donors (Lipinski definition) is 0. The third-order valence-electron chi connectivity index (χ3n) is 10.8. The van der Waals surface area contributed by atoms with E-state index in [4.69, 9.17) is 0 Å². The number of nitrogens with zero attached hydrogens (tertiary/aromatic N) is 2. The number of benzene rings is 9. The van der Waals surface area contributed by atoms with Crippen molar-refractivity contribution in [2.24, 2.45) is 0 Å². The Morgan fingerprint density at radius 3 is 1.46 bits per heavy atom. The highest BCUT2D eigenvalue weighted by Gasteiger charge is 2.19. The van der Waals surface area contributed by atoms with Gasteiger partial charge < -0.3 is 9.47 Å². The fourth-order valence-corrected chi connectivity index (χ4v) is 8.19. The van der Waals surface area contributed by atoms with Gasteiger partial charge in [-0.05, 0) is 105 Å². The maximum Gasteiger partial charge on any atom is 0.0547 e. The van der Waals surface area contributed by atoms with Crippen LogP contribution in [-0.4, -0.2) is 4.57 Å². The van der Waals surface area contributed by atoms with E-state index in [1.807, 2.05) is 0 Å². The summed E-state index contributed by atoms with van der Waals surface area (Å²) in [5.74, 6) is 0. The molecule has 0 amide bonds. The Morgan fingerprint density at radius 2 is 0.768 bits per heavy atom. The van der Waals surface area contributed by atoms with Crippen LogP contribution < -0.4 is 4.90 Å². The van der Waals surface area contributed by atoms with E-state index >= 15 is 0 Å². The summed E-state index contributed by atoms with van der Waals surface area (Å²) in [6.07, 6.45) is 0. The lowest BCUT2D eigenvalue weighted by molar-refractivity contribution is 1.18. The molecule has 0 aliphatic rings. The lowest BCUT2D eigenvalue weighted by Crippen LogP contribution is -2.10. The SMILES string of the molecule is c1ccc(-c2ccc(N(c3ccc(-c4ccccc4-c4cccc5c4c4ccccc4n5-c4ccccc4)cc3)c3cccc(-c4ccccc4)c3)cc2)cc1. The first-order valence-corrected chi connectivity index (χ1v) is 19.2. The van der Waals surface area contributed by atoms with Gasteiger partial charge in [0.05, 0.1) is 11.0 Å². The lowest BCUT2D eigenvalue weighted by Gasteiger charge is -2.26. The van der Waals surface area contributed by atoms with Crippen LogP contribution >= 0.6 is 0 Å². The average molecular weight is 715 g/mol. The van der Waals surface area contributed by atoms with E-state index in [9.17, 15) is 0 Å². The van der Waals surface area contributed by atoms with E-state index < -0.39 is 0 Å². The smallest absolute Gasteiger partial charge is 0.0547 e. The molecule has 0 spiro atoms. The van der Waals surface area contributed by atoms with Gasteiger partial charge in [-0.3, -0.25) is 0 Å². The van der Waals surface area contributed by atoms with Gasteiger partial charge in [0.15, 0.2) is 0 Å². The summed E-state index contributed by atoms with van der Waals surface area (Å²) < 4.78 is 2.39. The van der Waals surface area contributed by atoms with Gasteiger partial charge in [-0.25, -0.2) is 0 Å². The van der Waals surface area contributed by atoms with Crippen LogP contribution in [0.25, 0.3) is 72.0 Å². The van der Waals surface area contributed by atoms with Crippen molar-refractivity contribution in [1.82, 2.24) is 4.57 Å². The second kappa shape index (κ2) is 14.4. The first-order valence-electron chi connectivity index (χ1n) is 19.2. The fraction of sp³-hybridized carbons (Fsp3) is 0. The van der Waals surface area contributed by atoms with Crippen LogP contribution in [0.5, 0.6) is 0 Å². The van der Waals surface area contributed by atoms with Gasteiger partial charge in [0.1, 0.15) is 0 Å². The molecule has 0 radical (unpaired) electrons. The summed E-state index contributed by atoms with van der Waals surface area (Å²) in [6.45, 7) is 0. The summed E-state index contributed by atoms with van der Waals surface area (Å²) in [6, 6.07) is 82.9. The van der Waals surface area contributed by atoms with E-state index in [0.29, 0.717) is 0 Å². The van der Waals surface area contributed by atoms with Crippen molar-refractivity contribution in [3.8, 4) is 50.2 Å². The summed E-state index contributed by atoms with van der Waals surface area (Å²) in [5, 5.41) is 2.51. The molecule has 0 atom stereocenters. The number of fused-ring (bicyclic) bond motifs is 3. The Hall–Kier alpha value is -7.42. The van der Waals surface area contributed by atoms with Crippen molar-refractivity contribution in [3.63, 3.8) is 0 Å². The first kappa shape index (κ1) is 33.2. The average Bonchev–Trinajstić information content (AvgIpc) is 3.63. The van der Waals surface area contributed by atoms with E-state index in [0.717, 1.165) is 22.7 Å². The fourth-order valence-electron chi connectivity index (χ4n) is 8.19. The zero-order valence-electron chi connectivity index (χ0n) is 30.8. The van der Waals surface area contributed by atoms with E-state index in [1.54, 1.807) is 0 Å². The molecule has 10 rings (SSSR count). The molecule has 0 aliphatic heterocycles. The Balaban J connectivity index is 1.08. The van der Waals surface area contributed by atoms with E-state index in [-0.39, 0.29) is 0 Å². The molecule has 0 bridgehead atoms. The van der Waals surface area contributed by atoms with Crippen molar-refractivity contribution in [1.29, 1.82) is 0 Å². The molecule has 0 saturated carbocycles. The second-order valence-corrected chi connectivity index (χ2v) is 14.1. The Labute approximate surface area is 327 Å². The minimum absolute atomic E-state index is 1.09. The second-order valence-electron chi connectivity index (χ2n) is 14.1. The van der Waals surface area contributed by atoms with Crippen LogP contribution in [0.3, 0.4) is 0 Å². The Kier molecular flexibility index (Phi) is 8.55. The molecule has 0 unspecified atom stereocenters. The molecule has 0 aliphatic carbocycles. The zero-order valence-corrected chi connectivity index (χ0v) is 30.8. The number of aromatic nitrogens is 1. The van der Waals surface area contributed by atoms with Crippen LogP contribution in [0.2, 0.25) is 0 Å². The minimum Gasteiger partial charge on any atom is -0.310 e. The van der Waals surface area contributed by atoms with Gasteiger partial charge in [-0.2, -0.15) is 0 Å². The number of para-hydroxylation sites is 2. The molecule has 9 aromatic carbocycles.